The Bertz CT molecular complexity index is 2580. The van der Waals surface area contributed by atoms with E-state index >= 15 is 0 Å². The largest absolute Gasteiger partial charge is 0.144 e. The molecule has 70 heavy (non-hydrogen) atoms. The molecule has 0 aliphatic heterocycles. The van der Waals surface area contributed by atoms with Gasteiger partial charge in [0.2, 0.25) is 0 Å². The molecule has 0 saturated carbocycles. The number of rotatable bonds is 8. The summed E-state index contributed by atoms with van der Waals surface area (Å²) in [6.07, 6.45) is 0. The van der Waals surface area contributed by atoms with Gasteiger partial charge in [0.25, 0.3) is 0 Å². The van der Waals surface area contributed by atoms with Crippen LogP contribution in [0.3, 0.4) is 0 Å². The summed E-state index contributed by atoms with van der Waals surface area (Å²) < 4.78 is 107. The van der Waals surface area contributed by atoms with Gasteiger partial charge in [-0.1, -0.05) is 146 Å². The van der Waals surface area contributed by atoms with Crippen LogP contribution in [0.4, 0.5) is 0 Å². The number of benzene rings is 8. The zero-order valence-corrected chi connectivity index (χ0v) is 51.1. The van der Waals surface area contributed by atoms with E-state index in [4.69, 9.17) is 32.1 Å². The van der Waals surface area contributed by atoms with Crippen LogP contribution in [0.25, 0.3) is 0 Å². The minimum atomic E-state index is -4.40. The molecule has 8 aromatic carbocycles. The summed E-state index contributed by atoms with van der Waals surface area (Å²) in [6.45, 7) is 0. The van der Waals surface area contributed by atoms with Gasteiger partial charge < -0.3 is 0 Å². The predicted octanol–water partition coefficient (Wildman–Crippen LogP) is 7.70. The zero-order valence-electron chi connectivity index (χ0n) is 36.0. The van der Waals surface area contributed by atoms with Crippen molar-refractivity contribution in [3.63, 3.8) is 0 Å². The Hall–Kier alpha value is -2.14. The summed E-state index contributed by atoms with van der Waals surface area (Å²) in [6, 6.07) is 87.7. The van der Waals surface area contributed by atoms with Crippen molar-refractivity contribution in [1.82, 2.24) is 0 Å². The third-order valence-electron chi connectivity index (χ3n) is 9.15. The van der Waals surface area contributed by atoms with Crippen LogP contribution in [0, 0.1) is 0 Å². The van der Waals surface area contributed by atoms with E-state index in [1.807, 2.05) is 0 Å². The van der Waals surface area contributed by atoms with Crippen molar-refractivity contribution >= 4 is 138 Å². The van der Waals surface area contributed by atoms with E-state index in [0.29, 0.717) is 0 Å². The molecular formula is C48H42I4Mn4O12P2. The molecule has 12 nitrogen and oxygen atoms in total. The second-order valence-electron chi connectivity index (χ2n) is 13.5. The van der Waals surface area contributed by atoms with E-state index in [0.717, 1.165) is 81.4 Å². The molecule has 0 aromatic heterocycles. The fourth-order valence-corrected chi connectivity index (χ4v) is 15.5. The Balaban J connectivity index is 0.000000268. The monoisotopic (exact) mass is 1600 g/mol. The molecule has 0 bridgehead atoms. The summed E-state index contributed by atoms with van der Waals surface area (Å²) >= 11 is 3.63. The maximum atomic E-state index is 9.23. The minimum absolute atomic E-state index is 0.851. The Labute approximate surface area is 461 Å². The number of halogens is 4. The van der Waals surface area contributed by atoms with E-state index < -0.39 is 53.7 Å². The molecule has 22 heteroatoms. The third-order valence-corrected chi connectivity index (χ3v) is 17.7. The van der Waals surface area contributed by atoms with Gasteiger partial charge >= 0.3 is 168 Å². The molecule has 0 saturated heterocycles. The summed E-state index contributed by atoms with van der Waals surface area (Å²) in [5, 5.41) is 11.1. The summed E-state index contributed by atoms with van der Waals surface area (Å²) in [5.74, 6) is 0. The first-order chi connectivity index (χ1) is 32.8. The second kappa shape index (κ2) is 30.3. The third kappa shape index (κ3) is 23.0. The second-order valence-corrected chi connectivity index (χ2v) is 41.7. The Kier molecular flexibility index (Phi) is 26.9. The molecule has 0 atom stereocenters. The van der Waals surface area contributed by atoms with E-state index in [2.05, 4.69) is 243 Å². The first-order valence-corrected chi connectivity index (χ1v) is 44.2. The molecule has 2 N–H and O–H groups in total. The van der Waals surface area contributed by atoms with Crippen LogP contribution in [-0.4, -0.2) is 8.38 Å². The standard InChI is InChI=1S/2C24H20P.4HI.4Mn.2H2O.10O/c2*1-5-13-21(14-6-1)25(22-15-7-2-8-16-22,23-17-9-3-10-18-23)24-19-11-4-12-20-24;;;;;;;;;;;;;;;;;;;;/h2*1-20H;4*1H;;;;;2*1H2;;;;;;;;;;/q2*+1;;;;;2*+1;2*+2;;;;;;;;;;;2*-1/p-6. The Morgan fingerprint density at radius 1 is 0.257 bits per heavy atom. The van der Waals surface area contributed by atoms with E-state index in [1.54, 1.807) is 0 Å². The van der Waals surface area contributed by atoms with Crippen molar-refractivity contribution in [3.05, 3.63) is 243 Å². The summed E-state index contributed by atoms with van der Waals surface area (Å²) in [5.41, 5.74) is 0. The normalized spacial score (nSPS) is 11.3. The Morgan fingerprint density at radius 3 is 0.400 bits per heavy atom. The molecule has 0 unspecified atom stereocenters. The molecular weight excluding hydrogens is 1560 g/mol. The molecule has 0 heterocycles. The van der Waals surface area contributed by atoms with Crippen LogP contribution in [-0.2, 0) is 69.8 Å². The van der Waals surface area contributed by atoms with Gasteiger partial charge in [0, 0.05) is 0 Å². The fourth-order valence-electron chi connectivity index (χ4n) is 7.00. The zero-order chi connectivity index (χ0) is 51.9. The SMILES string of the molecule is [O]=[Mn](=[O])([O-])[I].[O]=[Mn](=[O])([O-])[I].[O]=[Mn](=[O])([OH])[I].[O]=[Mn](=[O])([OH])[I].c1ccc([P+](c2ccccc2)(c2ccccc2)c2ccccc2)cc1.c1ccc([P+](c2ccccc2)(c2ccccc2)c2ccccc2)cc1. The van der Waals surface area contributed by atoms with Crippen molar-refractivity contribution in [2.24, 2.45) is 0 Å². The van der Waals surface area contributed by atoms with Crippen LogP contribution in [0.5, 0.6) is 0 Å². The molecule has 0 radical (unpaired) electrons. The van der Waals surface area contributed by atoms with Crippen LogP contribution in [0.15, 0.2) is 243 Å². The van der Waals surface area contributed by atoms with Gasteiger partial charge in [-0.3, -0.25) is 0 Å². The van der Waals surface area contributed by atoms with Crippen molar-refractivity contribution in [2.45, 2.75) is 0 Å². The predicted molar refractivity (Wildman–Crippen MR) is 288 cm³/mol. The molecule has 372 valence electrons. The van der Waals surface area contributed by atoms with Crippen LogP contribution < -0.4 is 50.8 Å². The van der Waals surface area contributed by atoms with Crippen molar-refractivity contribution in [3.8, 4) is 0 Å². The van der Waals surface area contributed by atoms with Crippen molar-refractivity contribution < 1.29 is 86.6 Å². The van der Waals surface area contributed by atoms with E-state index in [9.17, 15) is 15.3 Å². The van der Waals surface area contributed by atoms with Crippen molar-refractivity contribution in [2.75, 3.05) is 0 Å². The van der Waals surface area contributed by atoms with Gasteiger partial charge in [-0.15, -0.1) is 0 Å². The smallest absolute Gasteiger partial charge is 0.0620 e. The van der Waals surface area contributed by atoms with Gasteiger partial charge in [0.1, 0.15) is 57.0 Å². The van der Waals surface area contributed by atoms with Gasteiger partial charge in [-0.25, -0.2) is 0 Å². The van der Waals surface area contributed by atoms with Gasteiger partial charge in [0.05, 0.1) is 0 Å². The number of hydrogen-bond acceptors (Lipinski definition) is 10. The molecule has 0 amide bonds. The van der Waals surface area contributed by atoms with Crippen LogP contribution in [0.2, 0.25) is 0 Å². The average molecular weight is 1600 g/mol. The number of hydrogen-bond donors (Lipinski definition) is 2. The molecule has 8 rings (SSSR count). The van der Waals surface area contributed by atoms with E-state index in [1.165, 1.54) is 42.4 Å². The maximum absolute atomic E-state index is 9.23. The summed E-state index contributed by atoms with van der Waals surface area (Å²) in [4.78, 5) is 0. The molecule has 0 aliphatic carbocycles. The topological polar surface area (TPSA) is 223 Å². The molecule has 0 fully saturated rings. The van der Waals surface area contributed by atoms with Crippen LogP contribution in [0.1, 0.15) is 0 Å². The first kappa shape index (κ1) is 62.2. The average Bonchev–Trinajstić information content (AvgIpc) is 3.31. The minimum Gasteiger partial charge on any atom is -0.0620 e. The van der Waals surface area contributed by atoms with E-state index in [-0.39, 0.29) is 0 Å². The van der Waals surface area contributed by atoms with Gasteiger partial charge in [-0.2, -0.15) is 0 Å². The first-order valence-electron chi connectivity index (χ1n) is 19.5. The summed E-state index contributed by atoms with van der Waals surface area (Å²) in [7, 11) is -20.9. The van der Waals surface area contributed by atoms with Crippen molar-refractivity contribution in [1.29, 1.82) is 0 Å². The molecule has 8 aromatic rings. The molecule has 0 spiro atoms. The molecule has 0 aliphatic rings. The quantitative estimate of drug-likeness (QED) is 0.0849. The Morgan fingerprint density at radius 2 is 0.329 bits per heavy atom. The fraction of sp³-hybridized carbons (Fsp3) is 0. The van der Waals surface area contributed by atoms with Gasteiger partial charge in [-0.05, 0) is 97.1 Å². The van der Waals surface area contributed by atoms with Gasteiger partial charge in [0.15, 0.2) is 0 Å². The van der Waals surface area contributed by atoms with Crippen LogP contribution >= 0.6 is 95.9 Å². The maximum Gasteiger partial charge on any atom is 0.144 e.